The number of hydrogen-bond acceptors (Lipinski definition) is 7. The van der Waals surface area contributed by atoms with Crippen molar-refractivity contribution < 1.29 is 19.0 Å². The normalized spacial score (nSPS) is 21.7. The van der Waals surface area contributed by atoms with Crippen LogP contribution in [0.5, 0.6) is 5.88 Å². The van der Waals surface area contributed by atoms with Gasteiger partial charge in [-0.15, -0.1) is 0 Å². The van der Waals surface area contributed by atoms with Gasteiger partial charge >= 0.3 is 6.09 Å². The Morgan fingerprint density at radius 1 is 1.18 bits per heavy atom. The first-order chi connectivity index (χ1) is 15.7. The number of anilines is 1. The molecule has 0 radical (unpaired) electrons. The summed E-state index contributed by atoms with van der Waals surface area (Å²) >= 11 is 2.27. The number of nitrogens with zero attached hydrogens (tertiary/aromatic N) is 4. The van der Waals surface area contributed by atoms with Gasteiger partial charge in [-0.3, -0.25) is 4.98 Å². The number of carbonyl (C=O) groups excluding carboxylic acids is 1. The summed E-state index contributed by atoms with van der Waals surface area (Å²) in [6, 6.07) is 4.28. The van der Waals surface area contributed by atoms with Crippen LogP contribution >= 0.6 is 22.6 Å². The lowest BCUT2D eigenvalue weighted by Crippen LogP contribution is -2.43. The molecule has 1 saturated carbocycles. The molecule has 3 heterocycles. The Kier molecular flexibility index (Phi) is 7.47. The van der Waals surface area contributed by atoms with Gasteiger partial charge in [-0.05, 0) is 75.1 Å². The molecular weight excluding hydrogens is 535 g/mol. The van der Waals surface area contributed by atoms with Gasteiger partial charge < -0.3 is 24.0 Å². The van der Waals surface area contributed by atoms with Gasteiger partial charge in [0.2, 0.25) is 5.88 Å². The molecule has 0 aromatic carbocycles. The summed E-state index contributed by atoms with van der Waals surface area (Å²) in [6.45, 7) is 8.69. The van der Waals surface area contributed by atoms with Crippen molar-refractivity contribution in [2.24, 2.45) is 0 Å². The quantitative estimate of drug-likeness (QED) is 0.498. The van der Waals surface area contributed by atoms with E-state index in [1.165, 1.54) is 0 Å². The molecule has 0 unspecified atom stereocenters. The lowest BCUT2D eigenvalue weighted by Gasteiger charge is -2.35. The molecule has 0 N–H and O–H groups in total. The molecule has 1 aliphatic heterocycles. The fraction of sp³-hybridized carbons (Fsp3) is 0.625. The molecule has 2 aromatic heterocycles. The molecule has 2 fully saturated rings. The zero-order chi connectivity index (χ0) is 23.6. The van der Waals surface area contributed by atoms with Crippen molar-refractivity contribution >= 4 is 45.4 Å². The van der Waals surface area contributed by atoms with Crippen molar-refractivity contribution in [2.75, 3.05) is 38.3 Å². The Hall–Kier alpha value is -1.88. The minimum absolute atomic E-state index is 0.0572. The molecule has 0 spiro atoms. The third-order valence-corrected chi connectivity index (χ3v) is 6.67. The molecule has 9 heteroatoms. The molecule has 2 aliphatic rings. The average molecular weight is 568 g/mol. The Bertz CT molecular complexity index is 982. The summed E-state index contributed by atoms with van der Waals surface area (Å²) in [5.74, 6) is 1.52. The van der Waals surface area contributed by atoms with Crippen molar-refractivity contribution in [3.05, 3.63) is 21.9 Å². The molecule has 0 atom stereocenters. The smallest absolute Gasteiger partial charge is 0.410 e. The van der Waals surface area contributed by atoms with E-state index in [-0.39, 0.29) is 18.2 Å². The van der Waals surface area contributed by atoms with Crippen LogP contribution in [0.15, 0.2) is 18.3 Å². The van der Waals surface area contributed by atoms with Gasteiger partial charge in [-0.1, -0.05) is 0 Å². The van der Waals surface area contributed by atoms with Gasteiger partial charge in [-0.25, -0.2) is 4.79 Å². The third-order valence-electron chi connectivity index (χ3n) is 6.08. The maximum absolute atomic E-state index is 12.4. The maximum atomic E-state index is 12.4. The fourth-order valence-electron chi connectivity index (χ4n) is 4.29. The molecule has 4 rings (SSSR count). The Morgan fingerprint density at radius 3 is 2.55 bits per heavy atom. The number of morpholine rings is 1. The van der Waals surface area contributed by atoms with E-state index in [2.05, 4.69) is 38.5 Å². The van der Waals surface area contributed by atoms with Gasteiger partial charge in [0.25, 0.3) is 0 Å². The number of amides is 1. The summed E-state index contributed by atoms with van der Waals surface area (Å²) in [5, 5.41) is 0.937. The van der Waals surface area contributed by atoms with Crippen LogP contribution in [0.3, 0.4) is 0 Å². The number of halogens is 1. The van der Waals surface area contributed by atoms with Gasteiger partial charge in [0.1, 0.15) is 17.5 Å². The summed E-state index contributed by atoms with van der Waals surface area (Å²) in [7, 11) is 1.83. The predicted octanol–water partition coefficient (Wildman–Crippen LogP) is 4.63. The topological polar surface area (TPSA) is 77.0 Å². The molecule has 0 bridgehead atoms. The van der Waals surface area contributed by atoms with Crippen molar-refractivity contribution in [1.82, 2.24) is 14.9 Å². The summed E-state index contributed by atoms with van der Waals surface area (Å²) in [5.41, 5.74) is 0.398. The molecule has 1 aliphatic carbocycles. The van der Waals surface area contributed by atoms with Crippen molar-refractivity contribution in [1.29, 1.82) is 0 Å². The first-order valence-corrected chi connectivity index (χ1v) is 12.7. The standard InChI is InChI=1S/C24H33IN4O4/c1-24(2,3)33-23(30)28(4)17-5-7-18(8-6-17)32-22-19-13-16(25)15-26-20(19)14-21(27-22)29-9-11-31-12-10-29/h13-15,17-18H,5-12H2,1-4H3. The van der Waals surface area contributed by atoms with E-state index < -0.39 is 5.60 Å². The van der Waals surface area contributed by atoms with Crippen LogP contribution in [0.25, 0.3) is 10.9 Å². The highest BCUT2D eigenvalue weighted by molar-refractivity contribution is 14.1. The van der Waals surface area contributed by atoms with E-state index in [0.29, 0.717) is 19.1 Å². The SMILES string of the molecule is CN(C(=O)OC(C)(C)C)C1CCC(Oc2nc(N3CCOCC3)cc3ncc(I)cc23)CC1. The van der Waals surface area contributed by atoms with E-state index >= 15 is 0 Å². The van der Waals surface area contributed by atoms with Crippen LogP contribution in [0, 0.1) is 3.57 Å². The number of hydrogen-bond donors (Lipinski definition) is 0. The second-order valence-corrected chi connectivity index (χ2v) is 11.0. The van der Waals surface area contributed by atoms with E-state index in [4.69, 9.17) is 19.2 Å². The Labute approximate surface area is 209 Å². The largest absolute Gasteiger partial charge is 0.474 e. The maximum Gasteiger partial charge on any atom is 0.410 e. The number of pyridine rings is 2. The molecule has 33 heavy (non-hydrogen) atoms. The van der Waals surface area contributed by atoms with Crippen LogP contribution in [0.1, 0.15) is 46.5 Å². The summed E-state index contributed by atoms with van der Waals surface area (Å²) in [6.07, 6.45) is 5.13. The zero-order valence-electron chi connectivity index (χ0n) is 19.8. The van der Waals surface area contributed by atoms with E-state index in [9.17, 15) is 4.79 Å². The third kappa shape index (κ3) is 6.17. The fourth-order valence-corrected chi connectivity index (χ4v) is 4.74. The molecule has 2 aromatic rings. The minimum atomic E-state index is -0.491. The number of aromatic nitrogens is 2. The summed E-state index contributed by atoms with van der Waals surface area (Å²) in [4.78, 5) is 25.9. The Balaban J connectivity index is 1.46. The lowest BCUT2D eigenvalue weighted by molar-refractivity contribution is 0.0138. The van der Waals surface area contributed by atoms with Gasteiger partial charge in [0, 0.05) is 42.0 Å². The molecule has 8 nitrogen and oxygen atoms in total. The van der Waals surface area contributed by atoms with E-state index in [1.54, 1.807) is 4.90 Å². The monoisotopic (exact) mass is 568 g/mol. The number of rotatable bonds is 4. The highest BCUT2D eigenvalue weighted by Crippen LogP contribution is 2.32. The zero-order valence-corrected chi connectivity index (χ0v) is 22.0. The van der Waals surface area contributed by atoms with Crippen molar-refractivity contribution in [2.45, 2.75) is 64.2 Å². The first kappa shape index (κ1) is 24.3. The average Bonchev–Trinajstić information content (AvgIpc) is 2.79. The van der Waals surface area contributed by atoms with Crippen molar-refractivity contribution in [3.8, 4) is 5.88 Å². The van der Waals surface area contributed by atoms with Crippen molar-refractivity contribution in [3.63, 3.8) is 0 Å². The Morgan fingerprint density at radius 2 is 1.88 bits per heavy atom. The lowest BCUT2D eigenvalue weighted by atomic mass is 9.92. The van der Waals surface area contributed by atoms with E-state index in [0.717, 1.165) is 59.1 Å². The van der Waals surface area contributed by atoms with Crippen LogP contribution in [-0.2, 0) is 9.47 Å². The molecule has 1 amide bonds. The van der Waals surface area contributed by atoms with E-state index in [1.807, 2.05) is 40.1 Å². The second-order valence-electron chi connectivity index (χ2n) is 9.74. The summed E-state index contributed by atoms with van der Waals surface area (Å²) < 4.78 is 18.6. The minimum Gasteiger partial charge on any atom is -0.474 e. The first-order valence-electron chi connectivity index (χ1n) is 11.6. The van der Waals surface area contributed by atoms with Gasteiger partial charge in [-0.2, -0.15) is 4.98 Å². The van der Waals surface area contributed by atoms with Crippen LogP contribution < -0.4 is 9.64 Å². The molecule has 180 valence electrons. The highest BCUT2D eigenvalue weighted by atomic mass is 127. The second kappa shape index (κ2) is 10.2. The molecule has 1 saturated heterocycles. The van der Waals surface area contributed by atoms with Crippen LogP contribution in [0.4, 0.5) is 10.6 Å². The van der Waals surface area contributed by atoms with Crippen LogP contribution in [-0.4, -0.2) is 72.1 Å². The van der Waals surface area contributed by atoms with Gasteiger partial charge in [0.05, 0.1) is 24.1 Å². The predicted molar refractivity (Wildman–Crippen MR) is 136 cm³/mol. The molecular formula is C24H33IN4O4. The van der Waals surface area contributed by atoms with Crippen LogP contribution in [0.2, 0.25) is 0 Å². The highest BCUT2D eigenvalue weighted by Gasteiger charge is 2.30. The number of fused-ring (bicyclic) bond motifs is 1. The van der Waals surface area contributed by atoms with Gasteiger partial charge in [0.15, 0.2) is 0 Å². The number of ether oxygens (including phenoxy) is 3. The number of carbonyl (C=O) groups is 1.